The van der Waals surface area contributed by atoms with Crippen molar-refractivity contribution in [2.24, 2.45) is 7.05 Å². The molecule has 3 heterocycles. The van der Waals surface area contributed by atoms with Crippen LogP contribution in [-0.4, -0.2) is 39.2 Å². The monoisotopic (exact) mass is 439 g/mol. The Morgan fingerprint density at radius 1 is 1.19 bits per heavy atom. The van der Waals surface area contributed by atoms with Crippen LogP contribution in [0.3, 0.4) is 0 Å². The van der Waals surface area contributed by atoms with E-state index in [1.54, 1.807) is 44.1 Å². The number of thiophene rings is 1. The van der Waals surface area contributed by atoms with Gasteiger partial charge in [-0.25, -0.2) is 9.97 Å². The van der Waals surface area contributed by atoms with E-state index in [0.717, 1.165) is 5.56 Å². The van der Waals surface area contributed by atoms with Crippen LogP contribution in [0.15, 0.2) is 53.2 Å². The number of fused-ring (bicyclic) bond motifs is 1. The van der Waals surface area contributed by atoms with Crippen molar-refractivity contribution in [3.8, 4) is 11.5 Å². The van der Waals surface area contributed by atoms with Gasteiger partial charge in [0, 0.05) is 25.5 Å². The van der Waals surface area contributed by atoms with Gasteiger partial charge >= 0.3 is 0 Å². The number of hydrogen-bond donors (Lipinski definition) is 1. The Morgan fingerprint density at radius 2 is 1.94 bits per heavy atom. The van der Waals surface area contributed by atoms with Crippen molar-refractivity contribution in [3.63, 3.8) is 0 Å². The normalized spacial score (nSPS) is 12.0. The van der Waals surface area contributed by atoms with E-state index in [-0.39, 0.29) is 18.0 Å². The van der Waals surface area contributed by atoms with Gasteiger partial charge in [0.25, 0.3) is 5.56 Å². The first kappa shape index (κ1) is 20.6. The molecule has 0 spiro atoms. The van der Waals surface area contributed by atoms with Crippen molar-refractivity contribution in [3.05, 3.63) is 70.1 Å². The Bertz CT molecular complexity index is 1270. The highest BCUT2D eigenvalue weighted by Crippen LogP contribution is 2.29. The van der Waals surface area contributed by atoms with Crippen LogP contribution < -0.4 is 20.3 Å². The van der Waals surface area contributed by atoms with Gasteiger partial charge < -0.3 is 19.4 Å². The van der Waals surface area contributed by atoms with Crippen molar-refractivity contribution in [2.75, 3.05) is 14.2 Å². The summed E-state index contributed by atoms with van der Waals surface area (Å²) in [7, 11) is 4.97. The zero-order valence-electron chi connectivity index (χ0n) is 17.2. The molecule has 1 N–H and O–H groups in total. The molecule has 4 aromatic rings. The molecule has 1 amide bonds. The number of methoxy groups -OCH3 is 2. The second kappa shape index (κ2) is 8.60. The van der Waals surface area contributed by atoms with Gasteiger partial charge in [-0.1, -0.05) is 0 Å². The number of hydrogen-bond acceptors (Lipinski definition) is 7. The summed E-state index contributed by atoms with van der Waals surface area (Å²) >= 11 is 1.38. The van der Waals surface area contributed by atoms with Gasteiger partial charge in [0.2, 0.25) is 5.91 Å². The highest BCUT2D eigenvalue weighted by Gasteiger charge is 2.23. The molecule has 0 radical (unpaired) electrons. The van der Waals surface area contributed by atoms with E-state index >= 15 is 0 Å². The molecule has 1 atom stereocenters. The highest BCUT2D eigenvalue weighted by molar-refractivity contribution is 7.16. The molecule has 0 fully saturated rings. The summed E-state index contributed by atoms with van der Waals surface area (Å²) in [5.74, 6) is 1.45. The van der Waals surface area contributed by atoms with Crippen LogP contribution in [0, 0.1) is 0 Å². The summed E-state index contributed by atoms with van der Waals surface area (Å²) < 4.78 is 13.9. The molecular formula is C21H21N5O4S. The smallest absolute Gasteiger partial charge is 0.262 e. The molecule has 160 valence electrons. The third-order valence-electron chi connectivity index (χ3n) is 4.89. The van der Waals surface area contributed by atoms with Crippen LogP contribution >= 0.6 is 11.3 Å². The second-order valence-electron chi connectivity index (χ2n) is 6.86. The number of ether oxygens (including phenoxy) is 2. The lowest BCUT2D eigenvalue weighted by atomic mass is 10.0. The maximum Gasteiger partial charge on any atom is 0.262 e. The van der Waals surface area contributed by atoms with Crippen LogP contribution in [0.4, 0.5) is 0 Å². The summed E-state index contributed by atoms with van der Waals surface area (Å²) in [6, 6.07) is 6.51. The standard InChI is InChI=1S/C21H21N5O4S/c1-25-6-5-22-19(25)18(13-8-14(29-2)10-15(9-13)30-3)24-17(27)11-26-12-23-20-16(21(26)28)4-7-31-20/h4-10,12,18H,11H2,1-3H3,(H,24,27). The minimum atomic E-state index is -0.579. The molecule has 1 aromatic carbocycles. The van der Waals surface area contributed by atoms with Crippen molar-refractivity contribution in [1.82, 2.24) is 24.4 Å². The lowest BCUT2D eigenvalue weighted by Gasteiger charge is -2.21. The highest BCUT2D eigenvalue weighted by atomic mass is 32.1. The molecule has 1 unspecified atom stereocenters. The molecule has 9 nitrogen and oxygen atoms in total. The fourth-order valence-electron chi connectivity index (χ4n) is 3.32. The Balaban J connectivity index is 1.66. The molecule has 0 aliphatic rings. The Labute approximate surface area is 181 Å². The topological polar surface area (TPSA) is 100 Å². The average Bonchev–Trinajstić information content (AvgIpc) is 3.43. The van der Waals surface area contributed by atoms with E-state index < -0.39 is 6.04 Å². The van der Waals surface area contributed by atoms with Gasteiger partial charge in [0.05, 0.1) is 25.9 Å². The van der Waals surface area contributed by atoms with E-state index in [1.165, 1.54) is 22.2 Å². The van der Waals surface area contributed by atoms with E-state index in [2.05, 4.69) is 15.3 Å². The minimum Gasteiger partial charge on any atom is -0.497 e. The summed E-state index contributed by atoms with van der Waals surface area (Å²) in [6.45, 7) is -0.167. The molecular weight excluding hydrogens is 418 g/mol. The van der Waals surface area contributed by atoms with Gasteiger partial charge in [-0.2, -0.15) is 0 Å². The summed E-state index contributed by atoms with van der Waals surface area (Å²) in [5, 5.41) is 5.28. The van der Waals surface area contributed by atoms with Crippen LogP contribution in [0.25, 0.3) is 10.2 Å². The van der Waals surface area contributed by atoms with Gasteiger partial charge in [0.15, 0.2) is 0 Å². The number of carbonyl (C=O) groups excluding carboxylic acids is 1. The summed E-state index contributed by atoms with van der Waals surface area (Å²) in [5.41, 5.74) is 0.482. The maximum atomic E-state index is 12.9. The molecule has 0 aliphatic carbocycles. The molecule has 4 rings (SSSR count). The number of nitrogens with one attached hydrogen (secondary N) is 1. The third-order valence-corrected chi connectivity index (χ3v) is 5.71. The van der Waals surface area contributed by atoms with E-state index in [4.69, 9.17) is 9.47 Å². The number of aryl methyl sites for hydroxylation is 1. The van der Waals surface area contributed by atoms with E-state index in [1.807, 2.05) is 23.7 Å². The number of imidazole rings is 1. The number of rotatable bonds is 7. The van der Waals surface area contributed by atoms with Gasteiger partial charge in [0.1, 0.15) is 34.7 Å². The first-order valence-corrected chi connectivity index (χ1v) is 10.3. The van der Waals surface area contributed by atoms with Gasteiger partial charge in [-0.3, -0.25) is 14.2 Å². The Kier molecular flexibility index (Phi) is 5.72. The van der Waals surface area contributed by atoms with Crippen LogP contribution in [-0.2, 0) is 18.4 Å². The Hall–Kier alpha value is -3.66. The summed E-state index contributed by atoms with van der Waals surface area (Å²) in [6.07, 6.45) is 4.85. The fraction of sp³-hybridized carbons (Fsp3) is 0.238. The summed E-state index contributed by atoms with van der Waals surface area (Å²) in [4.78, 5) is 34.9. The lowest BCUT2D eigenvalue weighted by Crippen LogP contribution is -2.36. The van der Waals surface area contributed by atoms with Gasteiger partial charge in [-0.05, 0) is 29.1 Å². The van der Waals surface area contributed by atoms with Crippen molar-refractivity contribution < 1.29 is 14.3 Å². The third kappa shape index (κ3) is 4.15. The first-order valence-electron chi connectivity index (χ1n) is 9.42. The minimum absolute atomic E-state index is 0.167. The lowest BCUT2D eigenvalue weighted by molar-refractivity contribution is -0.122. The van der Waals surface area contributed by atoms with Crippen molar-refractivity contribution >= 4 is 27.5 Å². The molecule has 10 heteroatoms. The predicted molar refractivity (Wildman–Crippen MR) is 117 cm³/mol. The molecule has 0 saturated heterocycles. The Morgan fingerprint density at radius 3 is 2.58 bits per heavy atom. The zero-order valence-corrected chi connectivity index (χ0v) is 18.0. The molecule has 31 heavy (non-hydrogen) atoms. The number of amides is 1. The molecule has 0 aliphatic heterocycles. The maximum absolute atomic E-state index is 12.9. The fourth-order valence-corrected chi connectivity index (χ4v) is 4.04. The quantitative estimate of drug-likeness (QED) is 0.473. The van der Waals surface area contributed by atoms with Crippen LogP contribution in [0.5, 0.6) is 11.5 Å². The van der Waals surface area contributed by atoms with Crippen molar-refractivity contribution in [2.45, 2.75) is 12.6 Å². The van der Waals surface area contributed by atoms with Crippen LogP contribution in [0.1, 0.15) is 17.4 Å². The predicted octanol–water partition coefficient (Wildman–Crippen LogP) is 2.11. The van der Waals surface area contributed by atoms with E-state index in [0.29, 0.717) is 27.5 Å². The van der Waals surface area contributed by atoms with Gasteiger partial charge in [-0.15, -0.1) is 11.3 Å². The number of aromatic nitrogens is 4. The van der Waals surface area contributed by atoms with E-state index in [9.17, 15) is 9.59 Å². The number of nitrogens with zero attached hydrogens (tertiary/aromatic N) is 4. The molecule has 3 aromatic heterocycles. The van der Waals surface area contributed by atoms with Crippen molar-refractivity contribution in [1.29, 1.82) is 0 Å². The molecule has 0 saturated carbocycles. The first-order chi connectivity index (χ1) is 15.0. The SMILES string of the molecule is COc1cc(OC)cc(C(NC(=O)Cn2cnc3sccc3c2=O)c2nccn2C)c1. The largest absolute Gasteiger partial charge is 0.497 e. The molecule has 0 bridgehead atoms. The number of benzene rings is 1. The second-order valence-corrected chi connectivity index (χ2v) is 7.75. The van der Waals surface area contributed by atoms with Crippen LogP contribution in [0.2, 0.25) is 0 Å². The number of carbonyl (C=O) groups is 1. The zero-order chi connectivity index (χ0) is 22.0. The average molecular weight is 439 g/mol.